The number of aromatic nitrogens is 2. The standard InChI is InChI=1S/C20H23N3O3S/c1-4-6-10-22-12-17(23(25)26)15-11-14(8-9-16(15)22)20-21-13(3)19(27-20)18(24)7-5-2/h8-9,11-12H,4-7,10H2,1-3H3. The van der Waals surface area contributed by atoms with Gasteiger partial charge in [-0.15, -0.1) is 11.3 Å². The molecule has 0 N–H and O–H groups in total. The van der Waals surface area contributed by atoms with Gasteiger partial charge in [0, 0.05) is 18.5 Å². The molecule has 0 radical (unpaired) electrons. The monoisotopic (exact) mass is 385 g/mol. The number of aryl methyl sites for hydroxylation is 2. The van der Waals surface area contributed by atoms with Crippen LogP contribution in [0.2, 0.25) is 0 Å². The number of nitrogens with zero attached hydrogens (tertiary/aromatic N) is 3. The van der Waals surface area contributed by atoms with Gasteiger partial charge in [-0.2, -0.15) is 0 Å². The summed E-state index contributed by atoms with van der Waals surface area (Å²) < 4.78 is 1.95. The van der Waals surface area contributed by atoms with Crippen LogP contribution >= 0.6 is 11.3 Å². The zero-order valence-electron chi connectivity index (χ0n) is 15.8. The second kappa shape index (κ2) is 8.00. The van der Waals surface area contributed by atoms with Crippen molar-refractivity contribution in [3.8, 4) is 10.6 Å². The van der Waals surface area contributed by atoms with E-state index in [9.17, 15) is 14.9 Å². The Morgan fingerprint density at radius 2 is 2.07 bits per heavy atom. The average molecular weight is 385 g/mol. The van der Waals surface area contributed by atoms with Gasteiger partial charge in [0.2, 0.25) is 0 Å². The SMILES string of the molecule is CCCCn1cc([N+](=O)[O-])c2cc(-c3nc(C)c(C(=O)CCC)s3)ccc21. The predicted octanol–water partition coefficient (Wildman–Crippen LogP) is 5.76. The molecule has 6 nitrogen and oxygen atoms in total. The Balaban J connectivity index is 2.06. The van der Waals surface area contributed by atoms with Crippen molar-refractivity contribution in [2.75, 3.05) is 0 Å². The van der Waals surface area contributed by atoms with Crippen molar-refractivity contribution in [1.82, 2.24) is 9.55 Å². The van der Waals surface area contributed by atoms with E-state index < -0.39 is 0 Å². The number of Topliss-reactive ketones (excluding diaryl/α,β-unsaturated/α-hetero) is 1. The van der Waals surface area contributed by atoms with Gasteiger partial charge in [0.25, 0.3) is 5.69 Å². The number of hydrogen-bond acceptors (Lipinski definition) is 5. The van der Waals surface area contributed by atoms with Crippen LogP contribution in [0.5, 0.6) is 0 Å². The molecule has 0 saturated heterocycles. The quantitative estimate of drug-likeness (QED) is 0.280. The van der Waals surface area contributed by atoms with Gasteiger partial charge in [-0.1, -0.05) is 20.3 Å². The minimum Gasteiger partial charge on any atom is -0.341 e. The topological polar surface area (TPSA) is 78.0 Å². The third-order valence-electron chi connectivity index (χ3n) is 4.58. The van der Waals surface area contributed by atoms with Gasteiger partial charge in [0.1, 0.15) is 5.01 Å². The fraction of sp³-hybridized carbons (Fsp3) is 0.400. The molecule has 2 heterocycles. The van der Waals surface area contributed by atoms with Crippen LogP contribution < -0.4 is 0 Å². The molecule has 0 aliphatic rings. The van der Waals surface area contributed by atoms with E-state index in [1.807, 2.05) is 36.6 Å². The van der Waals surface area contributed by atoms with Crippen LogP contribution in [-0.4, -0.2) is 20.3 Å². The maximum absolute atomic E-state index is 12.2. The lowest BCUT2D eigenvalue weighted by atomic mass is 10.1. The van der Waals surface area contributed by atoms with Crippen LogP contribution in [0.3, 0.4) is 0 Å². The number of benzene rings is 1. The molecule has 0 bridgehead atoms. The first kappa shape index (κ1) is 19.2. The third-order valence-corrected chi connectivity index (χ3v) is 5.83. The summed E-state index contributed by atoms with van der Waals surface area (Å²) in [6, 6.07) is 5.67. The third kappa shape index (κ3) is 3.78. The maximum atomic E-state index is 12.2. The van der Waals surface area contributed by atoms with E-state index in [1.54, 1.807) is 6.20 Å². The van der Waals surface area contributed by atoms with E-state index in [-0.39, 0.29) is 16.4 Å². The summed E-state index contributed by atoms with van der Waals surface area (Å²) in [6.45, 7) is 6.67. The summed E-state index contributed by atoms with van der Waals surface area (Å²) in [7, 11) is 0. The second-order valence-electron chi connectivity index (χ2n) is 6.66. The van der Waals surface area contributed by atoms with Gasteiger partial charge in [-0.05, 0) is 38.0 Å². The molecule has 3 rings (SSSR count). The van der Waals surface area contributed by atoms with Gasteiger partial charge in [0.15, 0.2) is 5.78 Å². The average Bonchev–Trinajstić information content (AvgIpc) is 3.20. The van der Waals surface area contributed by atoms with Crippen molar-refractivity contribution in [1.29, 1.82) is 0 Å². The Hall–Kier alpha value is -2.54. The van der Waals surface area contributed by atoms with Gasteiger partial charge in [-0.3, -0.25) is 14.9 Å². The van der Waals surface area contributed by atoms with Crippen molar-refractivity contribution in [3.63, 3.8) is 0 Å². The molecule has 0 fully saturated rings. The highest BCUT2D eigenvalue weighted by Crippen LogP contribution is 2.35. The molecule has 1 aromatic carbocycles. The van der Waals surface area contributed by atoms with E-state index in [0.717, 1.165) is 47.6 Å². The van der Waals surface area contributed by atoms with Crippen LogP contribution in [0.4, 0.5) is 5.69 Å². The first-order chi connectivity index (χ1) is 13.0. The Morgan fingerprint density at radius 3 is 2.74 bits per heavy atom. The van der Waals surface area contributed by atoms with Crippen LogP contribution in [0.15, 0.2) is 24.4 Å². The minimum absolute atomic E-state index is 0.108. The molecule has 27 heavy (non-hydrogen) atoms. The molecular weight excluding hydrogens is 362 g/mol. The van der Waals surface area contributed by atoms with Gasteiger partial charge < -0.3 is 4.57 Å². The van der Waals surface area contributed by atoms with Gasteiger partial charge >= 0.3 is 0 Å². The summed E-state index contributed by atoms with van der Waals surface area (Å²) >= 11 is 1.37. The number of carbonyl (C=O) groups is 1. The number of fused-ring (bicyclic) bond motifs is 1. The lowest BCUT2D eigenvalue weighted by molar-refractivity contribution is -0.383. The number of unbranched alkanes of at least 4 members (excludes halogenated alkanes) is 1. The largest absolute Gasteiger partial charge is 0.341 e. The van der Waals surface area contributed by atoms with E-state index >= 15 is 0 Å². The first-order valence-electron chi connectivity index (χ1n) is 9.24. The number of carbonyl (C=O) groups excluding carboxylic acids is 1. The van der Waals surface area contributed by atoms with Crippen molar-refractivity contribution < 1.29 is 9.72 Å². The summed E-state index contributed by atoms with van der Waals surface area (Å²) in [4.78, 5) is 28.6. The van der Waals surface area contributed by atoms with Crippen LogP contribution in [0, 0.1) is 17.0 Å². The Kier molecular flexibility index (Phi) is 5.70. The molecule has 0 amide bonds. The van der Waals surface area contributed by atoms with Gasteiger partial charge in [0.05, 0.1) is 32.6 Å². The minimum atomic E-state index is -0.335. The molecule has 2 aromatic heterocycles. The van der Waals surface area contributed by atoms with Crippen molar-refractivity contribution in [2.45, 2.75) is 53.0 Å². The van der Waals surface area contributed by atoms with Crippen LogP contribution in [0.1, 0.15) is 54.9 Å². The molecule has 7 heteroatoms. The molecule has 0 aliphatic carbocycles. The molecule has 3 aromatic rings. The summed E-state index contributed by atoms with van der Waals surface area (Å²) in [5, 5.41) is 12.8. The summed E-state index contributed by atoms with van der Waals surface area (Å²) in [6.07, 6.45) is 4.92. The normalized spacial score (nSPS) is 11.2. The van der Waals surface area contributed by atoms with Crippen molar-refractivity contribution in [3.05, 3.63) is 45.1 Å². The lowest BCUT2D eigenvalue weighted by Crippen LogP contribution is -1.96. The van der Waals surface area contributed by atoms with Crippen LogP contribution in [0.25, 0.3) is 21.5 Å². The molecular formula is C20H23N3O3S. The smallest absolute Gasteiger partial charge is 0.294 e. The summed E-state index contributed by atoms with van der Waals surface area (Å²) in [5.41, 5.74) is 2.50. The molecule has 0 aliphatic heterocycles. The van der Waals surface area contributed by atoms with Gasteiger partial charge in [-0.25, -0.2) is 4.98 Å². The fourth-order valence-electron chi connectivity index (χ4n) is 3.19. The maximum Gasteiger partial charge on any atom is 0.294 e. The number of nitro groups is 1. The van der Waals surface area contributed by atoms with E-state index in [2.05, 4.69) is 11.9 Å². The Labute approximate surface area is 162 Å². The molecule has 142 valence electrons. The molecule has 0 spiro atoms. The predicted molar refractivity (Wildman–Crippen MR) is 109 cm³/mol. The van der Waals surface area contributed by atoms with E-state index in [4.69, 9.17) is 0 Å². The van der Waals surface area contributed by atoms with Crippen LogP contribution in [-0.2, 0) is 6.54 Å². The Bertz CT molecular complexity index is 1000. The van der Waals surface area contributed by atoms with E-state index in [0.29, 0.717) is 16.7 Å². The number of thiazole rings is 1. The summed E-state index contributed by atoms with van der Waals surface area (Å²) in [5.74, 6) is 0.108. The Morgan fingerprint density at radius 1 is 1.30 bits per heavy atom. The highest BCUT2D eigenvalue weighted by molar-refractivity contribution is 7.17. The second-order valence-corrected chi connectivity index (χ2v) is 7.66. The van der Waals surface area contributed by atoms with Crippen molar-refractivity contribution in [2.24, 2.45) is 0 Å². The molecule has 0 unspecified atom stereocenters. The number of ketones is 1. The lowest BCUT2D eigenvalue weighted by Gasteiger charge is -2.03. The zero-order chi connectivity index (χ0) is 19.6. The number of rotatable bonds is 8. The van der Waals surface area contributed by atoms with Crippen molar-refractivity contribution >= 4 is 33.7 Å². The van der Waals surface area contributed by atoms with E-state index in [1.165, 1.54) is 11.3 Å². The zero-order valence-corrected chi connectivity index (χ0v) is 16.6. The molecule has 0 saturated carbocycles. The fourth-order valence-corrected chi connectivity index (χ4v) is 4.22. The highest BCUT2D eigenvalue weighted by atomic mass is 32.1. The first-order valence-corrected chi connectivity index (χ1v) is 10.1. The number of hydrogen-bond donors (Lipinski definition) is 0. The molecule has 0 atom stereocenters. The highest BCUT2D eigenvalue weighted by Gasteiger charge is 2.20.